The standard InChI is InChI=1S/C14H18NO2/c1-11-14(2,3)12-6-4-5-7-13(12)15(11)8-9-17-10-16/h4-7,10H,8-9H2,1-3H3/q+1. The predicted octanol–water partition coefficient (Wildman–Crippen LogP) is 2.26. The average molecular weight is 232 g/mol. The van der Waals surface area contributed by atoms with Gasteiger partial charge in [-0.1, -0.05) is 18.2 Å². The summed E-state index contributed by atoms with van der Waals surface area (Å²) < 4.78 is 7.03. The van der Waals surface area contributed by atoms with Crippen molar-refractivity contribution in [3.8, 4) is 0 Å². The van der Waals surface area contributed by atoms with Crippen LogP contribution in [-0.2, 0) is 14.9 Å². The van der Waals surface area contributed by atoms with Crippen molar-refractivity contribution in [2.45, 2.75) is 26.2 Å². The number of hydrogen-bond acceptors (Lipinski definition) is 2. The first-order valence-corrected chi connectivity index (χ1v) is 5.85. The molecule has 1 aromatic carbocycles. The summed E-state index contributed by atoms with van der Waals surface area (Å²) in [6, 6.07) is 8.40. The number of carbonyl (C=O) groups excluding carboxylic acids is 1. The van der Waals surface area contributed by atoms with Crippen molar-refractivity contribution < 1.29 is 14.1 Å². The lowest BCUT2D eigenvalue weighted by Crippen LogP contribution is -2.27. The number of benzene rings is 1. The van der Waals surface area contributed by atoms with Gasteiger partial charge < -0.3 is 4.74 Å². The molecule has 1 aromatic rings. The van der Waals surface area contributed by atoms with E-state index >= 15 is 0 Å². The Morgan fingerprint density at radius 3 is 2.76 bits per heavy atom. The fourth-order valence-corrected chi connectivity index (χ4v) is 2.43. The van der Waals surface area contributed by atoms with Crippen molar-refractivity contribution in [1.29, 1.82) is 0 Å². The summed E-state index contributed by atoms with van der Waals surface area (Å²) in [5, 5.41) is 0. The lowest BCUT2D eigenvalue weighted by atomic mass is 9.82. The van der Waals surface area contributed by atoms with E-state index in [2.05, 4.69) is 43.5 Å². The van der Waals surface area contributed by atoms with Crippen LogP contribution < -0.4 is 0 Å². The van der Waals surface area contributed by atoms with Crippen molar-refractivity contribution in [1.82, 2.24) is 0 Å². The summed E-state index contributed by atoms with van der Waals surface area (Å²) in [7, 11) is 0. The van der Waals surface area contributed by atoms with Crippen molar-refractivity contribution in [3.63, 3.8) is 0 Å². The molecule has 0 unspecified atom stereocenters. The number of carbonyl (C=O) groups is 1. The van der Waals surface area contributed by atoms with Crippen molar-refractivity contribution in [2.24, 2.45) is 0 Å². The highest BCUT2D eigenvalue weighted by molar-refractivity contribution is 5.93. The molecule has 0 radical (unpaired) electrons. The molecule has 0 spiro atoms. The van der Waals surface area contributed by atoms with Gasteiger partial charge in [0, 0.05) is 18.6 Å². The molecule has 0 aromatic heterocycles. The molecule has 3 nitrogen and oxygen atoms in total. The van der Waals surface area contributed by atoms with Crippen molar-refractivity contribution in [3.05, 3.63) is 29.8 Å². The van der Waals surface area contributed by atoms with Gasteiger partial charge in [0.15, 0.2) is 12.3 Å². The van der Waals surface area contributed by atoms with Gasteiger partial charge in [0.05, 0.1) is 5.41 Å². The van der Waals surface area contributed by atoms with E-state index in [9.17, 15) is 4.79 Å². The maximum Gasteiger partial charge on any atom is 0.293 e. The van der Waals surface area contributed by atoms with Gasteiger partial charge in [-0.05, 0) is 13.8 Å². The van der Waals surface area contributed by atoms with Gasteiger partial charge in [-0.2, -0.15) is 4.58 Å². The molecule has 0 fully saturated rings. The molecule has 0 saturated heterocycles. The largest absolute Gasteiger partial charge is 0.461 e. The van der Waals surface area contributed by atoms with Crippen LogP contribution in [0.15, 0.2) is 24.3 Å². The molecule has 3 heteroatoms. The molecule has 0 saturated carbocycles. The first-order chi connectivity index (χ1) is 8.09. The minimum absolute atomic E-state index is 0.0533. The summed E-state index contributed by atoms with van der Waals surface area (Å²) in [4.78, 5) is 10.2. The number of ether oxygens (including phenoxy) is 1. The molecule has 1 heterocycles. The second-order valence-electron chi connectivity index (χ2n) is 4.85. The van der Waals surface area contributed by atoms with E-state index in [0.717, 1.165) is 0 Å². The summed E-state index contributed by atoms with van der Waals surface area (Å²) in [5.74, 6) is 0. The van der Waals surface area contributed by atoms with Crippen LogP contribution in [0.4, 0.5) is 5.69 Å². The van der Waals surface area contributed by atoms with Crippen LogP contribution in [0, 0.1) is 0 Å². The Morgan fingerprint density at radius 1 is 1.35 bits per heavy atom. The number of rotatable bonds is 4. The summed E-state index contributed by atoms with van der Waals surface area (Å²) in [5.41, 5.74) is 3.92. The monoisotopic (exact) mass is 232 g/mol. The number of fused-ring (bicyclic) bond motifs is 1. The molecule has 0 amide bonds. The highest BCUT2D eigenvalue weighted by atomic mass is 16.5. The lowest BCUT2D eigenvalue weighted by molar-refractivity contribution is -0.442. The first-order valence-electron chi connectivity index (χ1n) is 5.85. The zero-order valence-electron chi connectivity index (χ0n) is 10.6. The zero-order chi connectivity index (χ0) is 12.5. The number of nitrogens with zero attached hydrogens (tertiary/aromatic N) is 1. The van der Waals surface area contributed by atoms with Crippen LogP contribution in [0.2, 0.25) is 0 Å². The molecule has 90 valence electrons. The second-order valence-corrected chi connectivity index (χ2v) is 4.85. The van der Waals surface area contributed by atoms with E-state index in [0.29, 0.717) is 19.6 Å². The Labute approximate surface area is 102 Å². The molecule has 0 N–H and O–H groups in total. The highest BCUT2D eigenvalue weighted by Crippen LogP contribution is 2.38. The summed E-state index contributed by atoms with van der Waals surface area (Å²) in [6.45, 7) is 8.23. The number of hydrogen-bond donors (Lipinski definition) is 0. The Balaban J connectivity index is 2.36. The van der Waals surface area contributed by atoms with Crippen molar-refractivity contribution in [2.75, 3.05) is 13.2 Å². The van der Waals surface area contributed by atoms with E-state index in [1.807, 2.05) is 6.07 Å². The molecule has 0 aliphatic carbocycles. The predicted molar refractivity (Wildman–Crippen MR) is 67.0 cm³/mol. The van der Waals surface area contributed by atoms with Crippen LogP contribution in [0.3, 0.4) is 0 Å². The van der Waals surface area contributed by atoms with E-state index in [4.69, 9.17) is 4.74 Å². The molecule has 0 atom stereocenters. The summed E-state index contributed by atoms with van der Waals surface area (Å²) >= 11 is 0. The van der Waals surface area contributed by atoms with E-state index < -0.39 is 0 Å². The van der Waals surface area contributed by atoms with Gasteiger partial charge >= 0.3 is 0 Å². The van der Waals surface area contributed by atoms with Crippen LogP contribution in [-0.4, -0.2) is 29.9 Å². The van der Waals surface area contributed by atoms with E-state index in [-0.39, 0.29) is 5.41 Å². The maximum absolute atomic E-state index is 10.2. The molecule has 17 heavy (non-hydrogen) atoms. The van der Waals surface area contributed by atoms with E-state index in [1.54, 1.807) is 0 Å². The fraction of sp³-hybridized carbons (Fsp3) is 0.429. The Hall–Kier alpha value is -1.64. The highest BCUT2D eigenvalue weighted by Gasteiger charge is 2.42. The van der Waals surface area contributed by atoms with Gasteiger partial charge in [-0.15, -0.1) is 0 Å². The molecule has 0 bridgehead atoms. The molecule has 1 aliphatic rings. The Morgan fingerprint density at radius 2 is 2.06 bits per heavy atom. The molecular weight excluding hydrogens is 214 g/mol. The normalized spacial score (nSPS) is 16.9. The summed E-state index contributed by atoms with van der Waals surface area (Å²) in [6.07, 6.45) is 0. The topological polar surface area (TPSA) is 29.3 Å². The lowest BCUT2D eigenvalue weighted by Gasteiger charge is -2.14. The Kier molecular flexibility index (Phi) is 3.01. The third kappa shape index (κ3) is 1.86. The van der Waals surface area contributed by atoms with Gasteiger partial charge in [0.1, 0.15) is 6.61 Å². The minimum Gasteiger partial charge on any atom is -0.461 e. The number of para-hydroxylation sites is 1. The third-order valence-electron chi connectivity index (χ3n) is 3.68. The molecular formula is C14H18NO2+. The fourth-order valence-electron chi connectivity index (χ4n) is 2.43. The average Bonchev–Trinajstić information content (AvgIpc) is 2.51. The Bertz CT molecular complexity index is 475. The minimum atomic E-state index is 0.0533. The van der Waals surface area contributed by atoms with E-state index in [1.165, 1.54) is 17.0 Å². The zero-order valence-corrected chi connectivity index (χ0v) is 10.6. The third-order valence-corrected chi connectivity index (χ3v) is 3.68. The van der Waals surface area contributed by atoms with Crippen LogP contribution >= 0.6 is 0 Å². The quantitative estimate of drug-likeness (QED) is 0.452. The molecule has 1 aliphatic heterocycles. The smallest absolute Gasteiger partial charge is 0.293 e. The van der Waals surface area contributed by atoms with Gasteiger partial charge in [0.2, 0.25) is 5.69 Å². The maximum atomic E-state index is 10.2. The molecule has 2 rings (SSSR count). The van der Waals surface area contributed by atoms with Gasteiger partial charge in [-0.3, -0.25) is 4.79 Å². The van der Waals surface area contributed by atoms with Crippen LogP contribution in [0.5, 0.6) is 0 Å². The van der Waals surface area contributed by atoms with Gasteiger partial charge in [-0.25, -0.2) is 0 Å². The first kappa shape index (κ1) is 11.8. The second kappa shape index (κ2) is 4.32. The van der Waals surface area contributed by atoms with Gasteiger partial charge in [0.25, 0.3) is 6.47 Å². The van der Waals surface area contributed by atoms with Crippen molar-refractivity contribution >= 4 is 17.9 Å². The van der Waals surface area contributed by atoms with Crippen LogP contribution in [0.1, 0.15) is 26.3 Å². The SMILES string of the molecule is CC1=[N+](CCOC=O)c2ccccc2C1(C)C. The van der Waals surface area contributed by atoms with Crippen LogP contribution in [0.25, 0.3) is 0 Å².